The summed E-state index contributed by atoms with van der Waals surface area (Å²) in [7, 11) is 0. The standard InChI is InChI=1S/C60H41N4O.Pt/c1-60(2,3)41-16-12-17-42(34-41)62-37-63(54-25-11-10-24-53(54)62)43-18-13-19-44(35-43)65-45-30-32-49-48-22-8-9-23-52(48)64(55(49)36-45)59-50-31-28-39-15-5-7-21-47(39)57(50)58-51(61-59)33-29-40-27-26-38-14-4-6-20-46(38)56(40)58;/h4-34,37H,1-3H3;/q-3;. The molecule has 6 heteroatoms. The summed E-state index contributed by atoms with van der Waals surface area (Å²) in [5.41, 5.74) is 8.37. The molecule has 0 bridgehead atoms. The van der Waals surface area contributed by atoms with Crippen molar-refractivity contribution in [2.24, 2.45) is 0 Å². The Labute approximate surface area is 397 Å². The molecule has 320 valence electrons. The predicted molar refractivity (Wildman–Crippen MR) is 270 cm³/mol. The van der Waals surface area contributed by atoms with E-state index < -0.39 is 0 Å². The Balaban J connectivity index is 0.00000456. The zero-order valence-corrected chi connectivity index (χ0v) is 38.8. The third-order valence-electron chi connectivity index (χ3n) is 13.2. The molecule has 0 amide bonds. The monoisotopic (exact) mass is 1030 g/mol. The number of hydrogen-bond acceptors (Lipinski definition) is 4. The fraction of sp³-hybridized carbons (Fsp3) is 0.0667. The van der Waals surface area contributed by atoms with E-state index in [9.17, 15) is 0 Å². The first-order chi connectivity index (χ1) is 31.9. The fourth-order valence-electron chi connectivity index (χ4n) is 10.0. The first-order valence-electron chi connectivity index (χ1n) is 22.2. The summed E-state index contributed by atoms with van der Waals surface area (Å²) in [5, 5.41) is 12.9. The Bertz CT molecular complexity index is 3920. The van der Waals surface area contributed by atoms with Gasteiger partial charge in [0.05, 0.1) is 5.52 Å². The molecule has 5 nitrogen and oxygen atoms in total. The van der Waals surface area contributed by atoms with Gasteiger partial charge in [-0.05, 0) is 91.1 Å². The molecule has 2 aromatic heterocycles. The fourth-order valence-corrected chi connectivity index (χ4v) is 10.0. The van der Waals surface area contributed by atoms with E-state index in [0.717, 1.165) is 61.3 Å². The molecule has 0 fully saturated rings. The Kier molecular flexibility index (Phi) is 9.31. The number of para-hydroxylation sites is 3. The van der Waals surface area contributed by atoms with Gasteiger partial charge in [0.15, 0.2) is 0 Å². The third kappa shape index (κ3) is 6.29. The van der Waals surface area contributed by atoms with Gasteiger partial charge in [-0.25, -0.2) is 4.98 Å². The summed E-state index contributed by atoms with van der Waals surface area (Å²) in [6.45, 7) is 8.90. The van der Waals surface area contributed by atoms with Gasteiger partial charge in [0.2, 0.25) is 0 Å². The number of hydrogen-bond donors (Lipinski definition) is 0. The minimum atomic E-state index is 0. The molecule has 1 aliphatic rings. The molecule has 0 saturated heterocycles. The van der Waals surface area contributed by atoms with Crippen LogP contribution in [0.25, 0.3) is 81.6 Å². The molecule has 3 heterocycles. The van der Waals surface area contributed by atoms with Gasteiger partial charge >= 0.3 is 0 Å². The van der Waals surface area contributed by atoms with E-state index in [4.69, 9.17) is 9.72 Å². The van der Waals surface area contributed by atoms with E-state index in [2.05, 4.69) is 224 Å². The summed E-state index contributed by atoms with van der Waals surface area (Å²) in [6.07, 6.45) is 0. The van der Waals surface area contributed by atoms with Crippen molar-refractivity contribution in [2.45, 2.75) is 26.2 Å². The molecule has 13 rings (SSSR count). The molecule has 0 unspecified atom stereocenters. The number of anilines is 4. The minimum Gasteiger partial charge on any atom is -0.509 e. The number of pyridine rings is 1. The van der Waals surface area contributed by atoms with Crippen molar-refractivity contribution in [3.63, 3.8) is 0 Å². The van der Waals surface area contributed by atoms with Crippen molar-refractivity contribution in [1.29, 1.82) is 0 Å². The van der Waals surface area contributed by atoms with Gasteiger partial charge in [-0.2, -0.15) is 12.1 Å². The van der Waals surface area contributed by atoms with Gasteiger partial charge in [0.1, 0.15) is 5.82 Å². The first kappa shape index (κ1) is 40.1. The topological polar surface area (TPSA) is 33.5 Å². The molecule has 66 heavy (non-hydrogen) atoms. The number of ether oxygens (including phenoxy) is 1. The molecule has 0 spiro atoms. The van der Waals surface area contributed by atoms with E-state index >= 15 is 0 Å². The van der Waals surface area contributed by atoms with Gasteiger partial charge in [-0.3, -0.25) is 0 Å². The van der Waals surface area contributed by atoms with Gasteiger partial charge in [0.25, 0.3) is 0 Å². The van der Waals surface area contributed by atoms with Crippen LogP contribution in [0.5, 0.6) is 11.5 Å². The van der Waals surface area contributed by atoms with Gasteiger partial charge in [-0.1, -0.05) is 142 Å². The number of aromatic nitrogens is 2. The second-order valence-electron chi connectivity index (χ2n) is 18.1. The quantitative estimate of drug-likeness (QED) is 0.127. The van der Waals surface area contributed by atoms with Crippen LogP contribution in [-0.2, 0) is 26.5 Å². The minimum absolute atomic E-state index is 0. The summed E-state index contributed by atoms with van der Waals surface area (Å²) in [4.78, 5) is 10.1. The van der Waals surface area contributed by atoms with Crippen LogP contribution in [-0.4, -0.2) is 9.55 Å². The normalized spacial score (nSPS) is 12.8. The number of benzene rings is 10. The van der Waals surface area contributed by atoms with Crippen molar-refractivity contribution in [3.8, 4) is 17.3 Å². The molecule has 0 atom stereocenters. The molecule has 0 radical (unpaired) electrons. The summed E-state index contributed by atoms with van der Waals surface area (Å²) < 4.78 is 9.01. The maximum atomic E-state index is 6.73. The zero-order valence-electron chi connectivity index (χ0n) is 36.5. The Hall–Kier alpha value is -7.46. The Morgan fingerprint density at radius 3 is 1.94 bits per heavy atom. The SMILES string of the molecule is CC(C)(C)c1cccc(N2[CH-]N(c3[c-]c(Oc4[c-]c5c(cc4)c4ccccc4n5-c4nc5ccc6ccc7ccccc7c6c5c5c4ccc4ccccc45)ccc3)c3ccccc32)c1.[Pt]. The predicted octanol–water partition coefficient (Wildman–Crippen LogP) is 16.0. The van der Waals surface area contributed by atoms with Gasteiger partial charge < -0.3 is 19.1 Å². The van der Waals surface area contributed by atoms with Crippen LogP contribution in [0.15, 0.2) is 188 Å². The van der Waals surface area contributed by atoms with E-state index in [-0.39, 0.29) is 26.5 Å². The average Bonchev–Trinajstić information content (AvgIpc) is 3.89. The first-order valence-corrected chi connectivity index (χ1v) is 22.2. The third-order valence-corrected chi connectivity index (χ3v) is 13.2. The molecule has 0 saturated carbocycles. The van der Waals surface area contributed by atoms with Crippen LogP contribution in [0, 0.1) is 18.8 Å². The molecule has 0 N–H and O–H groups in total. The van der Waals surface area contributed by atoms with Gasteiger partial charge in [0, 0.05) is 71.3 Å². The number of rotatable bonds is 5. The van der Waals surface area contributed by atoms with Gasteiger partial charge in [-0.15, -0.1) is 48.1 Å². The summed E-state index contributed by atoms with van der Waals surface area (Å²) >= 11 is 0. The second kappa shape index (κ2) is 15.3. The maximum Gasteiger partial charge on any atom is 0.144 e. The maximum absolute atomic E-state index is 6.73. The molecule has 1 aliphatic heterocycles. The van der Waals surface area contributed by atoms with E-state index in [1.165, 1.54) is 48.7 Å². The van der Waals surface area contributed by atoms with Crippen LogP contribution in [0.2, 0.25) is 0 Å². The summed E-state index contributed by atoms with van der Waals surface area (Å²) in [6, 6.07) is 74.2. The summed E-state index contributed by atoms with van der Waals surface area (Å²) in [5.74, 6) is 2.04. The second-order valence-corrected chi connectivity index (χ2v) is 18.1. The van der Waals surface area contributed by atoms with E-state index in [0.29, 0.717) is 11.5 Å². The van der Waals surface area contributed by atoms with Crippen molar-refractivity contribution < 1.29 is 25.8 Å². The molecular weight excluding hydrogens is 988 g/mol. The Morgan fingerprint density at radius 2 is 1.14 bits per heavy atom. The molecule has 0 aliphatic carbocycles. The van der Waals surface area contributed by atoms with Crippen LogP contribution in [0.4, 0.5) is 22.7 Å². The number of nitrogens with zero attached hydrogens (tertiary/aromatic N) is 4. The van der Waals surface area contributed by atoms with Crippen LogP contribution < -0.4 is 14.5 Å². The number of fused-ring (bicyclic) bond motifs is 13. The van der Waals surface area contributed by atoms with Crippen molar-refractivity contribution in [1.82, 2.24) is 9.55 Å². The molecule has 12 aromatic rings. The molecule has 10 aromatic carbocycles. The van der Waals surface area contributed by atoms with Crippen molar-refractivity contribution >= 4 is 98.5 Å². The van der Waals surface area contributed by atoms with E-state index in [1.54, 1.807) is 0 Å². The van der Waals surface area contributed by atoms with E-state index in [1.807, 2.05) is 18.2 Å². The van der Waals surface area contributed by atoms with Crippen LogP contribution in [0.1, 0.15) is 26.3 Å². The largest absolute Gasteiger partial charge is 0.509 e. The van der Waals surface area contributed by atoms with Crippen molar-refractivity contribution in [2.75, 3.05) is 9.80 Å². The van der Waals surface area contributed by atoms with Crippen LogP contribution >= 0.6 is 0 Å². The zero-order chi connectivity index (χ0) is 43.4. The van der Waals surface area contributed by atoms with Crippen LogP contribution in [0.3, 0.4) is 0 Å². The van der Waals surface area contributed by atoms with Crippen molar-refractivity contribution in [3.05, 3.63) is 212 Å². The smallest absolute Gasteiger partial charge is 0.144 e. The molecular formula is C60H41N4OPt-3. The average molecular weight is 1030 g/mol. The Morgan fingerprint density at radius 1 is 0.500 bits per heavy atom.